The molecule has 2 aromatic carbocycles. The van der Waals surface area contributed by atoms with E-state index in [-0.39, 0.29) is 28.0 Å². The van der Waals surface area contributed by atoms with Crippen LogP contribution in [0.3, 0.4) is 0 Å². The lowest BCUT2D eigenvalue weighted by Crippen LogP contribution is -2.61. The van der Waals surface area contributed by atoms with Crippen molar-refractivity contribution >= 4 is 11.0 Å². The highest BCUT2D eigenvalue weighted by Crippen LogP contribution is 2.37. The number of aliphatic hydroxyl groups excluding tert-OH is 6. The van der Waals surface area contributed by atoms with E-state index in [1.807, 2.05) is 0 Å². The SMILES string of the molecule is C[C@@H]1O[C@@H](OC[C@H]2O[C@@H](O)[C@H](O)[C@@H](O)[C@@H]2O)[C@H](O)[C@H](O)[C@H]1Oc1c(-c2ccc(O)c(O)c2)oc2ccccc2c1=O. The fraction of sp³-hybridized carbons (Fsp3) is 0.444. The Hall–Kier alpha value is -3.31. The molecule has 8 N–H and O–H groups in total. The van der Waals surface area contributed by atoms with Crippen molar-refractivity contribution in [2.75, 3.05) is 6.61 Å². The summed E-state index contributed by atoms with van der Waals surface area (Å²) < 4.78 is 28.1. The van der Waals surface area contributed by atoms with Gasteiger partial charge in [-0.15, -0.1) is 0 Å². The van der Waals surface area contributed by atoms with Gasteiger partial charge in [0.25, 0.3) is 0 Å². The molecule has 0 radical (unpaired) electrons. The van der Waals surface area contributed by atoms with Gasteiger partial charge < -0.3 is 64.2 Å². The van der Waals surface area contributed by atoms with E-state index in [4.69, 9.17) is 23.4 Å². The minimum Gasteiger partial charge on any atom is -0.504 e. The van der Waals surface area contributed by atoms with Gasteiger partial charge in [0.15, 0.2) is 35.9 Å². The summed E-state index contributed by atoms with van der Waals surface area (Å²) in [6.45, 7) is 0.984. The molecule has 0 unspecified atom stereocenters. The van der Waals surface area contributed by atoms with Crippen LogP contribution >= 0.6 is 0 Å². The second-order valence-corrected chi connectivity index (χ2v) is 9.93. The first-order chi connectivity index (χ1) is 19.5. The molecule has 5 rings (SSSR count). The molecule has 2 aliphatic rings. The fourth-order valence-electron chi connectivity index (χ4n) is 4.79. The Morgan fingerprint density at radius 3 is 2.29 bits per heavy atom. The molecule has 0 bridgehead atoms. The van der Waals surface area contributed by atoms with E-state index >= 15 is 0 Å². The first-order valence-electron chi connectivity index (χ1n) is 12.7. The van der Waals surface area contributed by atoms with Gasteiger partial charge in [-0.1, -0.05) is 12.1 Å². The summed E-state index contributed by atoms with van der Waals surface area (Å²) >= 11 is 0. The molecule has 14 nitrogen and oxygen atoms in total. The number of hydrogen-bond donors (Lipinski definition) is 8. The van der Waals surface area contributed by atoms with Crippen LogP contribution in [-0.2, 0) is 14.2 Å². The Kier molecular flexibility index (Phi) is 8.20. The number of benzene rings is 2. The lowest BCUT2D eigenvalue weighted by atomic mass is 9.98. The van der Waals surface area contributed by atoms with Gasteiger partial charge in [-0.3, -0.25) is 4.79 Å². The average Bonchev–Trinajstić information content (AvgIpc) is 2.96. The van der Waals surface area contributed by atoms with E-state index in [1.54, 1.807) is 18.2 Å². The molecule has 1 aromatic heterocycles. The lowest BCUT2D eigenvalue weighted by molar-refractivity contribution is -0.320. The number of rotatable bonds is 6. The molecule has 41 heavy (non-hydrogen) atoms. The zero-order valence-corrected chi connectivity index (χ0v) is 21.5. The maximum Gasteiger partial charge on any atom is 0.235 e. The van der Waals surface area contributed by atoms with Crippen LogP contribution in [0.4, 0.5) is 0 Å². The van der Waals surface area contributed by atoms with Crippen LogP contribution in [0.25, 0.3) is 22.3 Å². The summed E-state index contributed by atoms with van der Waals surface area (Å²) in [6, 6.07) is 10.1. The van der Waals surface area contributed by atoms with Crippen molar-refractivity contribution in [2.45, 2.75) is 68.3 Å². The molecule has 0 aliphatic carbocycles. The van der Waals surface area contributed by atoms with E-state index in [0.29, 0.717) is 0 Å². The van der Waals surface area contributed by atoms with Gasteiger partial charge in [0.05, 0.1) is 18.1 Å². The molecule has 2 aliphatic heterocycles. The zero-order chi connectivity index (χ0) is 29.6. The van der Waals surface area contributed by atoms with Gasteiger partial charge in [0.1, 0.15) is 42.2 Å². The number of aromatic hydroxyl groups is 2. The van der Waals surface area contributed by atoms with E-state index < -0.39 is 84.9 Å². The quantitative estimate of drug-likeness (QED) is 0.162. The highest BCUT2D eigenvalue weighted by Gasteiger charge is 2.47. The van der Waals surface area contributed by atoms with E-state index in [0.717, 1.165) is 0 Å². The smallest absolute Gasteiger partial charge is 0.235 e. The summed E-state index contributed by atoms with van der Waals surface area (Å²) in [7, 11) is 0. The van der Waals surface area contributed by atoms with Crippen LogP contribution in [0.15, 0.2) is 51.7 Å². The number of para-hydroxylation sites is 1. The van der Waals surface area contributed by atoms with Crippen LogP contribution in [-0.4, -0.2) is 109 Å². The molecular weight excluding hydrogens is 548 g/mol. The minimum absolute atomic E-state index is 0.112. The van der Waals surface area contributed by atoms with Crippen LogP contribution in [0.2, 0.25) is 0 Å². The van der Waals surface area contributed by atoms with Gasteiger partial charge >= 0.3 is 0 Å². The Labute approximate surface area is 231 Å². The predicted octanol–water partition coefficient (Wildman–Crippen LogP) is -1.10. The summed E-state index contributed by atoms with van der Waals surface area (Å²) in [6.07, 6.45) is -15.4. The molecule has 0 amide bonds. The summed E-state index contributed by atoms with van der Waals surface area (Å²) in [5, 5.41) is 80.9. The minimum atomic E-state index is -1.79. The van der Waals surface area contributed by atoms with Gasteiger partial charge in [0, 0.05) is 5.56 Å². The summed E-state index contributed by atoms with van der Waals surface area (Å²) in [5.74, 6) is -1.33. The number of ether oxygens (including phenoxy) is 4. The normalized spacial score (nSPS) is 34.0. The standard InChI is InChI=1S/C27H30O14/c1-10-23(20(33)22(35)27(38-10)37-9-16-18(31)19(32)21(34)26(36)40-16)41-25-17(30)12-4-2-3-5-15(12)39-24(25)11-6-7-13(28)14(29)8-11/h2-8,10,16,18-23,26-29,31-36H,9H2,1H3/t10-,16+,18+,19-,20-,21+,22+,23-,26+,27+/m0/s1. The van der Waals surface area contributed by atoms with Gasteiger partial charge in [-0.05, 0) is 37.3 Å². The number of hydrogen-bond acceptors (Lipinski definition) is 14. The second kappa shape index (κ2) is 11.5. The Balaban J connectivity index is 1.39. The maximum absolute atomic E-state index is 13.5. The molecule has 2 saturated heterocycles. The molecule has 0 saturated carbocycles. The van der Waals surface area contributed by atoms with Crippen LogP contribution in [0, 0.1) is 0 Å². The first kappa shape index (κ1) is 29.2. The number of phenolic OH excluding ortho intramolecular Hbond substituents is 2. The highest BCUT2D eigenvalue weighted by atomic mass is 16.7. The van der Waals surface area contributed by atoms with Crippen molar-refractivity contribution in [3.8, 4) is 28.6 Å². The molecule has 0 spiro atoms. The monoisotopic (exact) mass is 578 g/mol. The molecule has 3 heterocycles. The number of fused-ring (bicyclic) bond motifs is 1. The third-order valence-corrected chi connectivity index (χ3v) is 7.14. The van der Waals surface area contributed by atoms with Crippen molar-refractivity contribution in [3.63, 3.8) is 0 Å². The van der Waals surface area contributed by atoms with Crippen molar-refractivity contribution in [1.29, 1.82) is 0 Å². The van der Waals surface area contributed by atoms with Crippen molar-refractivity contribution in [2.24, 2.45) is 0 Å². The van der Waals surface area contributed by atoms with E-state index in [1.165, 1.54) is 31.2 Å². The van der Waals surface area contributed by atoms with Crippen LogP contribution < -0.4 is 10.2 Å². The van der Waals surface area contributed by atoms with Gasteiger partial charge in [-0.25, -0.2) is 0 Å². The second-order valence-electron chi connectivity index (χ2n) is 9.93. The van der Waals surface area contributed by atoms with E-state index in [2.05, 4.69) is 0 Å². The average molecular weight is 579 g/mol. The number of phenols is 2. The highest BCUT2D eigenvalue weighted by molar-refractivity contribution is 5.82. The van der Waals surface area contributed by atoms with E-state index in [9.17, 15) is 45.6 Å². The molecule has 3 aromatic rings. The molecule has 222 valence electrons. The molecular formula is C27H30O14. The first-order valence-corrected chi connectivity index (χ1v) is 12.7. The number of aliphatic hydroxyl groups is 6. The lowest BCUT2D eigenvalue weighted by Gasteiger charge is -2.42. The van der Waals surface area contributed by atoms with Gasteiger partial charge in [0.2, 0.25) is 11.2 Å². The Morgan fingerprint density at radius 1 is 0.829 bits per heavy atom. The molecule has 10 atom stereocenters. The third kappa shape index (κ3) is 5.49. The topological polar surface area (TPSA) is 229 Å². The summed E-state index contributed by atoms with van der Waals surface area (Å²) in [4.78, 5) is 13.5. The Bertz CT molecular complexity index is 1440. The summed E-state index contributed by atoms with van der Waals surface area (Å²) in [5.41, 5.74) is -0.215. The third-order valence-electron chi connectivity index (χ3n) is 7.14. The molecule has 14 heteroatoms. The zero-order valence-electron chi connectivity index (χ0n) is 21.5. The van der Waals surface area contributed by atoms with Gasteiger partial charge in [-0.2, -0.15) is 0 Å². The Morgan fingerprint density at radius 2 is 1.56 bits per heavy atom. The van der Waals surface area contributed by atoms with Crippen molar-refractivity contribution in [1.82, 2.24) is 0 Å². The van der Waals surface area contributed by atoms with Crippen molar-refractivity contribution in [3.05, 3.63) is 52.7 Å². The van der Waals surface area contributed by atoms with Crippen LogP contribution in [0.1, 0.15) is 6.92 Å². The van der Waals surface area contributed by atoms with Crippen molar-refractivity contribution < 1.29 is 64.2 Å². The van der Waals surface area contributed by atoms with Crippen LogP contribution in [0.5, 0.6) is 17.2 Å². The fourth-order valence-corrected chi connectivity index (χ4v) is 4.79. The largest absolute Gasteiger partial charge is 0.504 e. The molecule has 2 fully saturated rings. The maximum atomic E-state index is 13.5. The predicted molar refractivity (Wildman–Crippen MR) is 137 cm³/mol.